The van der Waals surface area contributed by atoms with Crippen LogP contribution in [0, 0.1) is 12.7 Å². The van der Waals surface area contributed by atoms with Gasteiger partial charge in [0.2, 0.25) is 11.8 Å². The summed E-state index contributed by atoms with van der Waals surface area (Å²) in [6, 6.07) is 24.9. The van der Waals surface area contributed by atoms with Crippen molar-refractivity contribution in [1.82, 2.24) is 20.0 Å². The lowest BCUT2D eigenvalue weighted by molar-refractivity contribution is 0.440. The molecule has 0 saturated carbocycles. The molecule has 0 N–H and O–H groups in total. The number of para-hydroxylation sites is 1. The van der Waals surface area contributed by atoms with Gasteiger partial charge < -0.3 is 9.15 Å². The molecule has 3 aromatic carbocycles. The van der Waals surface area contributed by atoms with Gasteiger partial charge >= 0.3 is 0 Å². The predicted octanol–water partition coefficient (Wildman–Crippen LogP) is 5.83. The fourth-order valence-electron chi connectivity index (χ4n) is 3.25. The summed E-state index contributed by atoms with van der Waals surface area (Å²) < 4.78 is 27.5. The highest BCUT2D eigenvalue weighted by atomic mass is 19.1. The Morgan fingerprint density at radius 1 is 0.839 bits per heavy atom. The van der Waals surface area contributed by atoms with E-state index >= 15 is 0 Å². The zero-order valence-electron chi connectivity index (χ0n) is 16.6. The number of aryl methyl sites for hydroxylation is 1. The van der Waals surface area contributed by atoms with Crippen LogP contribution in [0.25, 0.3) is 28.6 Å². The number of hydrogen-bond acceptors (Lipinski definition) is 5. The molecule has 152 valence electrons. The molecule has 6 nitrogen and oxygen atoms in total. The number of rotatable bonds is 5. The first-order valence-corrected chi connectivity index (χ1v) is 9.67. The molecule has 0 amide bonds. The van der Waals surface area contributed by atoms with Gasteiger partial charge in [-0.15, -0.1) is 10.2 Å². The molecule has 0 spiro atoms. The third kappa shape index (κ3) is 3.69. The van der Waals surface area contributed by atoms with Gasteiger partial charge in [0.15, 0.2) is 0 Å². The summed E-state index contributed by atoms with van der Waals surface area (Å²) in [5.41, 5.74) is 2.77. The molecule has 5 aromatic rings. The van der Waals surface area contributed by atoms with Crippen molar-refractivity contribution in [3.63, 3.8) is 0 Å². The molecule has 0 aliphatic rings. The van der Waals surface area contributed by atoms with Crippen LogP contribution < -0.4 is 4.74 Å². The Morgan fingerprint density at radius 3 is 2.29 bits per heavy atom. The Hall–Kier alpha value is -4.26. The lowest BCUT2D eigenvalue weighted by Gasteiger charge is -2.10. The lowest BCUT2D eigenvalue weighted by atomic mass is 10.2. The first-order valence-electron chi connectivity index (χ1n) is 9.67. The molecular formula is C24H17FN4O2. The molecule has 0 bridgehead atoms. The summed E-state index contributed by atoms with van der Waals surface area (Å²) in [6.45, 7) is 1.83. The summed E-state index contributed by atoms with van der Waals surface area (Å²) in [6.07, 6.45) is 0. The highest BCUT2D eigenvalue weighted by molar-refractivity contribution is 5.67. The highest BCUT2D eigenvalue weighted by Gasteiger charge is 2.25. The first kappa shape index (κ1) is 18.7. The van der Waals surface area contributed by atoms with Crippen molar-refractivity contribution in [3.05, 3.63) is 96.4 Å². The van der Waals surface area contributed by atoms with Gasteiger partial charge in [-0.05, 0) is 43.3 Å². The Balaban J connectivity index is 1.65. The van der Waals surface area contributed by atoms with Crippen LogP contribution in [0.2, 0.25) is 0 Å². The van der Waals surface area contributed by atoms with Crippen LogP contribution in [0.5, 0.6) is 11.6 Å². The van der Waals surface area contributed by atoms with E-state index in [-0.39, 0.29) is 5.89 Å². The van der Waals surface area contributed by atoms with E-state index in [0.29, 0.717) is 28.8 Å². The van der Waals surface area contributed by atoms with E-state index < -0.39 is 5.82 Å². The van der Waals surface area contributed by atoms with Gasteiger partial charge in [0.1, 0.15) is 17.1 Å². The molecule has 7 heteroatoms. The Kier molecular flexibility index (Phi) is 4.76. The van der Waals surface area contributed by atoms with Crippen molar-refractivity contribution in [2.45, 2.75) is 6.92 Å². The summed E-state index contributed by atoms with van der Waals surface area (Å²) in [7, 11) is 0. The van der Waals surface area contributed by atoms with Crippen LogP contribution in [-0.2, 0) is 0 Å². The highest BCUT2D eigenvalue weighted by Crippen LogP contribution is 2.38. The standard InChI is InChI=1S/C24H17FN4O2/c1-16-21(23-27-26-22(31-23)17-9-4-2-5-10-17)24(30-20-14-8-11-18(25)15-20)29(28-16)19-12-6-3-7-13-19/h2-15H,1H3. The third-order valence-electron chi connectivity index (χ3n) is 4.69. The van der Waals surface area contributed by atoms with Crippen LogP contribution in [0.4, 0.5) is 4.39 Å². The van der Waals surface area contributed by atoms with Crippen LogP contribution in [-0.4, -0.2) is 20.0 Å². The molecule has 0 saturated heterocycles. The van der Waals surface area contributed by atoms with E-state index in [1.807, 2.05) is 67.6 Å². The average molecular weight is 412 g/mol. The molecule has 5 rings (SSSR count). The molecule has 0 aliphatic heterocycles. The first-order chi connectivity index (χ1) is 15.2. The molecular weight excluding hydrogens is 395 g/mol. The van der Waals surface area contributed by atoms with Crippen molar-refractivity contribution in [1.29, 1.82) is 0 Å². The van der Waals surface area contributed by atoms with Crippen molar-refractivity contribution >= 4 is 0 Å². The summed E-state index contributed by atoms with van der Waals surface area (Å²) in [5.74, 6) is 0.952. The van der Waals surface area contributed by atoms with Gasteiger partial charge in [-0.25, -0.2) is 4.39 Å². The largest absolute Gasteiger partial charge is 0.438 e. The fraction of sp³-hybridized carbons (Fsp3) is 0.0417. The zero-order valence-corrected chi connectivity index (χ0v) is 16.6. The van der Waals surface area contributed by atoms with Gasteiger partial charge in [-0.3, -0.25) is 0 Å². The number of hydrogen-bond donors (Lipinski definition) is 0. The van der Waals surface area contributed by atoms with E-state index in [9.17, 15) is 4.39 Å². The third-order valence-corrected chi connectivity index (χ3v) is 4.69. The van der Waals surface area contributed by atoms with Gasteiger partial charge in [0.05, 0.1) is 11.4 Å². The molecule has 0 unspecified atom stereocenters. The minimum absolute atomic E-state index is 0.268. The number of benzene rings is 3. The van der Waals surface area contributed by atoms with Crippen molar-refractivity contribution in [2.24, 2.45) is 0 Å². The van der Waals surface area contributed by atoms with E-state index in [2.05, 4.69) is 15.3 Å². The number of aromatic nitrogens is 4. The van der Waals surface area contributed by atoms with Crippen molar-refractivity contribution in [2.75, 3.05) is 0 Å². The Morgan fingerprint density at radius 2 is 1.55 bits per heavy atom. The van der Waals surface area contributed by atoms with E-state index in [1.165, 1.54) is 12.1 Å². The Bertz CT molecular complexity index is 1330. The minimum Gasteiger partial charge on any atom is -0.438 e. The number of nitrogens with zero attached hydrogens (tertiary/aromatic N) is 4. The average Bonchev–Trinajstić information content (AvgIpc) is 3.40. The van der Waals surface area contributed by atoms with Gasteiger partial charge in [-0.1, -0.05) is 42.5 Å². The van der Waals surface area contributed by atoms with Crippen molar-refractivity contribution in [3.8, 4) is 40.2 Å². The molecule has 0 fully saturated rings. The number of ether oxygens (including phenoxy) is 1. The SMILES string of the molecule is Cc1nn(-c2ccccc2)c(Oc2cccc(F)c2)c1-c1nnc(-c2ccccc2)o1. The molecule has 0 radical (unpaired) electrons. The molecule has 2 heterocycles. The topological polar surface area (TPSA) is 66.0 Å². The maximum atomic E-state index is 13.8. The van der Waals surface area contributed by atoms with E-state index in [4.69, 9.17) is 9.15 Å². The minimum atomic E-state index is -0.397. The second kappa shape index (κ2) is 7.87. The maximum absolute atomic E-state index is 13.8. The van der Waals surface area contributed by atoms with Crippen LogP contribution in [0.15, 0.2) is 89.3 Å². The molecule has 0 aliphatic carbocycles. The summed E-state index contributed by atoms with van der Waals surface area (Å²) >= 11 is 0. The summed E-state index contributed by atoms with van der Waals surface area (Å²) in [5, 5.41) is 13.0. The van der Waals surface area contributed by atoms with Gasteiger partial charge in [0, 0.05) is 11.6 Å². The van der Waals surface area contributed by atoms with Gasteiger partial charge in [-0.2, -0.15) is 9.78 Å². The molecule has 2 aromatic heterocycles. The second-order valence-electron chi connectivity index (χ2n) is 6.85. The normalized spacial score (nSPS) is 10.9. The van der Waals surface area contributed by atoms with Crippen LogP contribution in [0.3, 0.4) is 0 Å². The quantitative estimate of drug-likeness (QED) is 0.363. The van der Waals surface area contributed by atoms with Crippen LogP contribution in [0.1, 0.15) is 5.69 Å². The predicted molar refractivity (Wildman–Crippen MR) is 114 cm³/mol. The molecule has 31 heavy (non-hydrogen) atoms. The fourth-order valence-corrected chi connectivity index (χ4v) is 3.25. The van der Waals surface area contributed by atoms with Crippen molar-refractivity contribution < 1.29 is 13.5 Å². The van der Waals surface area contributed by atoms with E-state index in [0.717, 1.165) is 11.3 Å². The maximum Gasteiger partial charge on any atom is 0.255 e. The molecule has 0 atom stereocenters. The Labute approximate surface area is 177 Å². The van der Waals surface area contributed by atoms with E-state index in [1.54, 1.807) is 16.8 Å². The zero-order chi connectivity index (χ0) is 21.2. The summed E-state index contributed by atoms with van der Waals surface area (Å²) in [4.78, 5) is 0. The smallest absolute Gasteiger partial charge is 0.255 e. The number of halogens is 1. The second-order valence-corrected chi connectivity index (χ2v) is 6.85. The van der Waals surface area contributed by atoms with Crippen LogP contribution >= 0.6 is 0 Å². The van der Waals surface area contributed by atoms with Gasteiger partial charge in [0.25, 0.3) is 5.89 Å². The monoisotopic (exact) mass is 412 g/mol. The lowest BCUT2D eigenvalue weighted by Crippen LogP contribution is -2.00.